The second-order valence-corrected chi connectivity index (χ2v) is 6.00. The first-order valence-corrected chi connectivity index (χ1v) is 7.49. The zero-order valence-electron chi connectivity index (χ0n) is 12.8. The second-order valence-electron chi connectivity index (χ2n) is 4.91. The van der Waals surface area contributed by atoms with E-state index in [1.165, 1.54) is 17.4 Å². The van der Waals surface area contributed by atoms with Crippen LogP contribution in [0.3, 0.4) is 0 Å². The molecule has 1 N–H and O–H groups in total. The van der Waals surface area contributed by atoms with E-state index < -0.39 is 5.97 Å². The zero-order chi connectivity index (χ0) is 16.0. The maximum atomic E-state index is 12.5. The normalized spacial score (nSPS) is 11.3. The summed E-state index contributed by atoms with van der Waals surface area (Å²) in [5, 5.41) is 8.67. The van der Waals surface area contributed by atoms with Crippen LogP contribution in [0.2, 0.25) is 0 Å². The Kier molecular flexibility index (Phi) is 6.58. The number of methoxy groups -OCH3 is 1. The van der Waals surface area contributed by atoms with Gasteiger partial charge in [-0.1, -0.05) is 0 Å². The third kappa shape index (κ3) is 4.99. The maximum Gasteiger partial charge on any atom is 0.328 e. The fraction of sp³-hybridized carbons (Fsp3) is 0.467. The summed E-state index contributed by atoms with van der Waals surface area (Å²) in [6, 6.07) is 1.88. The van der Waals surface area contributed by atoms with E-state index >= 15 is 0 Å². The fourth-order valence-corrected chi connectivity index (χ4v) is 2.87. The Morgan fingerprint density at radius 1 is 1.48 bits per heavy atom. The molecule has 21 heavy (non-hydrogen) atoms. The zero-order valence-corrected chi connectivity index (χ0v) is 13.6. The molecule has 0 spiro atoms. The molecular formula is C15H21NO4S. The van der Waals surface area contributed by atoms with E-state index in [1.54, 1.807) is 18.1 Å². The van der Waals surface area contributed by atoms with Crippen LogP contribution in [0.5, 0.6) is 0 Å². The Bertz CT molecular complexity index is 534. The summed E-state index contributed by atoms with van der Waals surface area (Å²) in [4.78, 5) is 26.3. The van der Waals surface area contributed by atoms with E-state index in [0.717, 1.165) is 16.5 Å². The third-order valence-electron chi connectivity index (χ3n) is 2.96. The van der Waals surface area contributed by atoms with Gasteiger partial charge in [0.15, 0.2) is 0 Å². The van der Waals surface area contributed by atoms with Crippen molar-refractivity contribution in [2.45, 2.75) is 26.8 Å². The van der Waals surface area contributed by atoms with Crippen molar-refractivity contribution in [3.63, 3.8) is 0 Å². The van der Waals surface area contributed by atoms with E-state index in [2.05, 4.69) is 0 Å². The molecule has 0 fully saturated rings. The summed E-state index contributed by atoms with van der Waals surface area (Å²) >= 11 is 1.31. The topological polar surface area (TPSA) is 66.8 Å². The summed E-state index contributed by atoms with van der Waals surface area (Å²) in [5.74, 6) is -1.05. The molecule has 5 nitrogen and oxygen atoms in total. The molecule has 0 unspecified atom stereocenters. The summed E-state index contributed by atoms with van der Waals surface area (Å²) in [6.45, 7) is 6.80. The molecular weight excluding hydrogens is 290 g/mol. The van der Waals surface area contributed by atoms with Gasteiger partial charge in [0.2, 0.25) is 0 Å². The molecule has 0 saturated heterocycles. The smallest absolute Gasteiger partial charge is 0.328 e. The van der Waals surface area contributed by atoms with Crippen LogP contribution in [0.4, 0.5) is 0 Å². The van der Waals surface area contributed by atoms with Crippen LogP contribution in [-0.2, 0) is 9.53 Å². The van der Waals surface area contributed by atoms with Crippen molar-refractivity contribution in [2.75, 3.05) is 20.3 Å². The van der Waals surface area contributed by atoms with Crippen LogP contribution in [0, 0.1) is 6.92 Å². The number of aryl methyl sites for hydroxylation is 1. The lowest BCUT2D eigenvalue weighted by Gasteiger charge is -2.25. The van der Waals surface area contributed by atoms with E-state index in [9.17, 15) is 9.59 Å². The van der Waals surface area contributed by atoms with Gasteiger partial charge < -0.3 is 14.7 Å². The lowest BCUT2D eigenvalue weighted by Crippen LogP contribution is -2.38. The van der Waals surface area contributed by atoms with E-state index in [-0.39, 0.29) is 11.9 Å². The van der Waals surface area contributed by atoms with Gasteiger partial charge in [-0.15, -0.1) is 11.3 Å². The van der Waals surface area contributed by atoms with Crippen molar-refractivity contribution in [3.05, 3.63) is 27.5 Å². The van der Waals surface area contributed by atoms with Gasteiger partial charge in [0.1, 0.15) is 0 Å². The molecule has 116 valence electrons. The molecule has 0 aromatic carbocycles. The standard InChI is InChI=1S/C15H21NO4S/c1-10(2)16(7-8-20-4)15(19)13-9-11(3)12(21-13)5-6-14(17)18/h5-6,9-10H,7-8H2,1-4H3,(H,17,18)/b6-5+. The van der Waals surface area contributed by atoms with Crippen LogP contribution in [0.1, 0.15) is 34.0 Å². The van der Waals surface area contributed by atoms with Gasteiger partial charge in [-0.05, 0) is 38.5 Å². The van der Waals surface area contributed by atoms with Gasteiger partial charge in [-0.3, -0.25) is 4.79 Å². The number of thiophene rings is 1. The number of carbonyl (C=O) groups is 2. The summed E-state index contributed by atoms with van der Waals surface area (Å²) in [5.41, 5.74) is 0.899. The molecule has 1 aromatic rings. The Morgan fingerprint density at radius 3 is 2.67 bits per heavy atom. The van der Waals surface area contributed by atoms with Crippen molar-refractivity contribution < 1.29 is 19.4 Å². The van der Waals surface area contributed by atoms with E-state index in [4.69, 9.17) is 9.84 Å². The summed E-state index contributed by atoms with van der Waals surface area (Å²) in [6.07, 6.45) is 2.60. The lowest BCUT2D eigenvalue weighted by atomic mass is 10.2. The van der Waals surface area contributed by atoms with Crippen molar-refractivity contribution in [1.82, 2.24) is 4.90 Å². The van der Waals surface area contributed by atoms with E-state index in [1.807, 2.05) is 20.8 Å². The number of hydrogen-bond donors (Lipinski definition) is 1. The maximum absolute atomic E-state index is 12.5. The molecule has 0 aliphatic rings. The largest absolute Gasteiger partial charge is 0.478 e. The first-order chi connectivity index (χ1) is 9.86. The minimum atomic E-state index is -1.00. The number of amides is 1. The summed E-state index contributed by atoms with van der Waals surface area (Å²) in [7, 11) is 1.60. The van der Waals surface area contributed by atoms with Gasteiger partial charge in [0, 0.05) is 30.6 Å². The van der Waals surface area contributed by atoms with Crippen molar-refractivity contribution in [3.8, 4) is 0 Å². The predicted molar refractivity (Wildman–Crippen MR) is 83.8 cm³/mol. The Morgan fingerprint density at radius 2 is 2.14 bits per heavy atom. The molecule has 1 aromatic heterocycles. The highest BCUT2D eigenvalue weighted by Gasteiger charge is 2.20. The SMILES string of the molecule is COCCN(C(=O)c1cc(C)c(/C=C/C(=O)O)s1)C(C)C. The molecule has 0 aliphatic carbocycles. The number of carbonyl (C=O) groups excluding carboxylic acids is 1. The quantitative estimate of drug-likeness (QED) is 0.786. The number of carboxylic acids is 1. The molecule has 0 radical (unpaired) electrons. The van der Waals surface area contributed by atoms with Gasteiger partial charge in [0.25, 0.3) is 5.91 Å². The predicted octanol–water partition coefficient (Wildman–Crippen LogP) is 2.65. The van der Waals surface area contributed by atoms with Gasteiger partial charge in [-0.25, -0.2) is 4.79 Å². The highest BCUT2D eigenvalue weighted by atomic mass is 32.1. The Hall–Kier alpha value is -1.66. The second kappa shape index (κ2) is 7.95. The van der Waals surface area contributed by atoms with Crippen LogP contribution in [-0.4, -0.2) is 48.2 Å². The minimum absolute atomic E-state index is 0.0508. The first kappa shape index (κ1) is 17.4. The number of ether oxygens (including phenoxy) is 1. The number of rotatable bonds is 7. The van der Waals surface area contributed by atoms with Crippen LogP contribution >= 0.6 is 11.3 Å². The van der Waals surface area contributed by atoms with Crippen molar-refractivity contribution in [1.29, 1.82) is 0 Å². The number of aliphatic carboxylic acids is 1. The van der Waals surface area contributed by atoms with Crippen molar-refractivity contribution >= 4 is 29.3 Å². The first-order valence-electron chi connectivity index (χ1n) is 6.68. The van der Waals surface area contributed by atoms with Crippen LogP contribution < -0.4 is 0 Å². The average Bonchev–Trinajstić information content (AvgIpc) is 2.77. The number of carboxylic acid groups (broad SMARTS) is 1. The van der Waals surface area contributed by atoms with Crippen LogP contribution in [0.15, 0.2) is 12.1 Å². The van der Waals surface area contributed by atoms with E-state index in [0.29, 0.717) is 18.0 Å². The number of nitrogens with zero attached hydrogens (tertiary/aromatic N) is 1. The third-order valence-corrected chi connectivity index (χ3v) is 4.16. The van der Waals surface area contributed by atoms with Gasteiger partial charge in [0.05, 0.1) is 11.5 Å². The van der Waals surface area contributed by atoms with Gasteiger partial charge in [-0.2, -0.15) is 0 Å². The fourth-order valence-electron chi connectivity index (χ4n) is 1.84. The van der Waals surface area contributed by atoms with Gasteiger partial charge >= 0.3 is 5.97 Å². The molecule has 1 heterocycles. The number of hydrogen-bond acceptors (Lipinski definition) is 4. The van der Waals surface area contributed by atoms with Crippen molar-refractivity contribution in [2.24, 2.45) is 0 Å². The minimum Gasteiger partial charge on any atom is -0.478 e. The molecule has 1 amide bonds. The summed E-state index contributed by atoms with van der Waals surface area (Å²) < 4.78 is 5.04. The monoisotopic (exact) mass is 311 g/mol. The average molecular weight is 311 g/mol. The molecule has 0 saturated carbocycles. The molecule has 0 aliphatic heterocycles. The highest BCUT2D eigenvalue weighted by Crippen LogP contribution is 2.25. The van der Waals surface area contributed by atoms with Crippen LogP contribution in [0.25, 0.3) is 6.08 Å². The molecule has 0 bridgehead atoms. The highest BCUT2D eigenvalue weighted by molar-refractivity contribution is 7.15. The molecule has 6 heteroatoms. The Labute approximate surface area is 128 Å². The lowest BCUT2D eigenvalue weighted by molar-refractivity contribution is -0.131. The molecule has 1 rings (SSSR count). The molecule has 0 atom stereocenters. The Balaban J connectivity index is 2.95.